The van der Waals surface area contributed by atoms with Crippen molar-refractivity contribution in [3.63, 3.8) is 0 Å². The maximum atomic E-state index is 14.4. The van der Waals surface area contributed by atoms with E-state index >= 15 is 0 Å². The average molecular weight is 429 g/mol. The van der Waals surface area contributed by atoms with Crippen LogP contribution in [0.15, 0.2) is 48.2 Å². The van der Waals surface area contributed by atoms with Crippen LogP contribution in [-0.4, -0.2) is 46.2 Å². The van der Waals surface area contributed by atoms with Crippen LogP contribution in [0.1, 0.15) is 24.5 Å². The Morgan fingerprint density at radius 1 is 1.10 bits per heavy atom. The number of nitrogens with zero attached hydrogens (tertiary/aromatic N) is 3. The second-order valence-corrected chi connectivity index (χ2v) is 7.36. The third kappa shape index (κ3) is 3.67. The third-order valence-corrected chi connectivity index (χ3v) is 5.74. The molecule has 2 aromatic rings. The van der Waals surface area contributed by atoms with Crippen molar-refractivity contribution in [2.75, 3.05) is 14.1 Å². The van der Waals surface area contributed by atoms with E-state index in [4.69, 9.17) is 0 Å². The Kier molecular flexibility index (Phi) is 5.88. The maximum absolute atomic E-state index is 14.4. The average Bonchev–Trinajstić information content (AvgIpc) is 2.76. The van der Waals surface area contributed by atoms with Gasteiger partial charge in [0.1, 0.15) is 11.2 Å². The molecule has 0 aliphatic carbocycles. The summed E-state index contributed by atoms with van der Waals surface area (Å²) in [6.07, 6.45) is 1.43. The van der Waals surface area contributed by atoms with Crippen molar-refractivity contribution in [3.8, 4) is 0 Å². The van der Waals surface area contributed by atoms with Gasteiger partial charge in [-0.2, -0.15) is 0 Å². The van der Waals surface area contributed by atoms with E-state index in [1.165, 1.54) is 19.0 Å². The van der Waals surface area contributed by atoms with Gasteiger partial charge >= 0.3 is 0 Å². The van der Waals surface area contributed by atoms with Crippen LogP contribution < -0.4 is 0 Å². The molecule has 1 aliphatic heterocycles. The summed E-state index contributed by atoms with van der Waals surface area (Å²) in [4.78, 5) is 39.3. The minimum absolute atomic E-state index is 0.261. The Morgan fingerprint density at radius 3 is 2.32 bits per heavy atom. The second-order valence-electron chi connectivity index (χ2n) is 7.36. The van der Waals surface area contributed by atoms with Gasteiger partial charge in [-0.15, -0.1) is 0 Å². The van der Waals surface area contributed by atoms with E-state index in [0.717, 1.165) is 22.6 Å². The second kappa shape index (κ2) is 8.25. The topological polar surface area (TPSA) is 83.8 Å². The Hall–Kier alpha value is -3.62. The molecule has 162 valence electrons. The zero-order valence-corrected chi connectivity index (χ0v) is 17.3. The Labute approximate surface area is 177 Å². The molecule has 7 nitrogen and oxygen atoms in total. The quantitative estimate of drug-likeness (QED) is 0.414. The van der Waals surface area contributed by atoms with E-state index in [1.54, 1.807) is 6.92 Å². The summed E-state index contributed by atoms with van der Waals surface area (Å²) in [6, 6.07) is 10.6. The lowest BCUT2D eigenvalue weighted by Crippen LogP contribution is -2.65. The standard InChI is InChI=1S/C22H21F2N3O4/c1-4-22(13-14-8-6-5-7-9-14)21(29)25(2)18(20(28)26(22)3)12-15-17(27(30)31)11-10-16(23)19(15)24/h5-12H,4,13H2,1-3H3. The first-order valence-corrected chi connectivity index (χ1v) is 9.58. The van der Waals surface area contributed by atoms with Gasteiger partial charge in [-0.1, -0.05) is 37.3 Å². The van der Waals surface area contributed by atoms with E-state index in [-0.39, 0.29) is 12.1 Å². The number of likely N-dealkylation sites (N-methyl/N-ethyl adjacent to an activating group) is 2. The number of nitro groups is 1. The van der Waals surface area contributed by atoms with Gasteiger partial charge < -0.3 is 9.80 Å². The van der Waals surface area contributed by atoms with Crippen LogP contribution in [0.2, 0.25) is 0 Å². The minimum Gasteiger partial charge on any atom is -0.325 e. The number of hydrogen-bond acceptors (Lipinski definition) is 4. The molecule has 31 heavy (non-hydrogen) atoms. The smallest absolute Gasteiger partial charge is 0.279 e. The van der Waals surface area contributed by atoms with Crippen LogP contribution in [0, 0.1) is 21.7 Å². The predicted molar refractivity (Wildman–Crippen MR) is 110 cm³/mol. The first kappa shape index (κ1) is 22.1. The number of amides is 2. The van der Waals surface area contributed by atoms with E-state index in [2.05, 4.69) is 0 Å². The first-order chi connectivity index (χ1) is 14.6. The van der Waals surface area contributed by atoms with Crippen LogP contribution in [0.4, 0.5) is 14.5 Å². The van der Waals surface area contributed by atoms with Crippen molar-refractivity contribution in [1.82, 2.24) is 9.80 Å². The molecule has 1 atom stereocenters. The molecule has 0 saturated carbocycles. The molecule has 0 aromatic heterocycles. The van der Waals surface area contributed by atoms with Crippen LogP contribution in [0.3, 0.4) is 0 Å². The highest BCUT2D eigenvalue weighted by Gasteiger charge is 2.51. The zero-order chi connectivity index (χ0) is 22.9. The van der Waals surface area contributed by atoms with Crippen LogP contribution >= 0.6 is 0 Å². The molecule has 0 N–H and O–H groups in total. The number of nitro benzene ring substituents is 1. The SMILES string of the molecule is CCC1(Cc2ccccc2)C(=O)N(C)C(=Cc2c([N+](=O)[O-])ccc(F)c2F)C(=O)N1C. The van der Waals surface area contributed by atoms with Gasteiger partial charge in [-0.05, 0) is 24.1 Å². The van der Waals surface area contributed by atoms with E-state index in [1.807, 2.05) is 30.3 Å². The van der Waals surface area contributed by atoms with Gasteiger partial charge in [-0.3, -0.25) is 19.7 Å². The number of carbonyl (C=O) groups excluding carboxylic acids is 2. The lowest BCUT2D eigenvalue weighted by atomic mass is 9.82. The van der Waals surface area contributed by atoms with Crippen molar-refractivity contribution in [1.29, 1.82) is 0 Å². The summed E-state index contributed by atoms with van der Waals surface area (Å²) < 4.78 is 28.1. The molecular formula is C22H21F2N3O4. The van der Waals surface area contributed by atoms with Crippen molar-refractivity contribution in [2.24, 2.45) is 0 Å². The fraction of sp³-hybridized carbons (Fsp3) is 0.273. The molecule has 1 saturated heterocycles. The van der Waals surface area contributed by atoms with Gasteiger partial charge in [-0.25, -0.2) is 8.78 Å². The molecule has 3 rings (SSSR count). The van der Waals surface area contributed by atoms with Gasteiger partial charge in [0.15, 0.2) is 11.6 Å². The maximum Gasteiger partial charge on any atom is 0.279 e. The molecule has 1 heterocycles. The molecule has 9 heteroatoms. The molecule has 1 fully saturated rings. The van der Waals surface area contributed by atoms with E-state index < -0.39 is 45.2 Å². The normalized spacial score (nSPS) is 20.5. The molecule has 1 unspecified atom stereocenters. The molecule has 2 aromatic carbocycles. The summed E-state index contributed by atoms with van der Waals surface area (Å²) in [7, 11) is 2.81. The molecule has 1 aliphatic rings. The highest BCUT2D eigenvalue weighted by Crippen LogP contribution is 2.35. The molecule has 0 radical (unpaired) electrons. The highest BCUT2D eigenvalue weighted by atomic mass is 19.2. The van der Waals surface area contributed by atoms with Gasteiger partial charge in [0.05, 0.1) is 10.5 Å². The number of rotatable bonds is 5. The van der Waals surface area contributed by atoms with Gasteiger partial charge in [0, 0.05) is 26.6 Å². The largest absolute Gasteiger partial charge is 0.325 e. The van der Waals surface area contributed by atoms with Crippen LogP contribution in [-0.2, 0) is 16.0 Å². The highest BCUT2D eigenvalue weighted by molar-refractivity contribution is 6.09. The van der Waals surface area contributed by atoms with E-state index in [0.29, 0.717) is 12.5 Å². The van der Waals surface area contributed by atoms with E-state index in [9.17, 15) is 28.5 Å². The number of hydrogen-bond donors (Lipinski definition) is 0. The zero-order valence-electron chi connectivity index (χ0n) is 17.3. The third-order valence-electron chi connectivity index (χ3n) is 5.74. The first-order valence-electron chi connectivity index (χ1n) is 9.58. The molecule has 0 spiro atoms. The number of benzene rings is 2. The van der Waals surface area contributed by atoms with Gasteiger partial charge in [0.2, 0.25) is 0 Å². The summed E-state index contributed by atoms with van der Waals surface area (Å²) in [5.41, 5.74) is -2.02. The fourth-order valence-electron chi connectivity index (χ4n) is 3.86. The van der Waals surface area contributed by atoms with Crippen LogP contribution in [0.25, 0.3) is 6.08 Å². The fourth-order valence-corrected chi connectivity index (χ4v) is 3.86. The lowest BCUT2D eigenvalue weighted by Gasteiger charge is -2.47. The summed E-state index contributed by atoms with van der Waals surface area (Å²) in [5.74, 6) is -3.81. The molecule has 2 amide bonds. The summed E-state index contributed by atoms with van der Waals surface area (Å²) in [5, 5.41) is 11.3. The lowest BCUT2D eigenvalue weighted by molar-refractivity contribution is -0.385. The Bertz CT molecular complexity index is 1090. The van der Waals surface area contributed by atoms with Crippen molar-refractivity contribution in [2.45, 2.75) is 25.3 Å². The van der Waals surface area contributed by atoms with Crippen LogP contribution in [0.5, 0.6) is 0 Å². The Balaban J connectivity index is 2.11. The Morgan fingerprint density at radius 2 is 1.74 bits per heavy atom. The summed E-state index contributed by atoms with van der Waals surface area (Å²) in [6.45, 7) is 1.78. The van der Waals surface area contributed by atoms with Crippen molar-refractivity contribution < 1.29 is 23.3 Å². The molecule has 0 bridgehead atoms. The number of halogens is 2. The van der Waals surface area contributed by atoms with Gasteiger partial charge in [0.25, 0.3) is 17.5 Å². The van der Waals surface area contributed by atoms with Crippen molar-refractivity contribution in [3.05, 3.63) is 81.0 Å². The number of piperazine rings is 1. The monoisotopic (exact) mass is 429 g/mol. The predicted octanol–water partition coefficient (Wildman–Crippen LogP) is 3.54. The summed E-state index contributed by atoms with van der Waals surface area (Å²) >= 11 is 0. The molecular weight excluding hydrogens is 408 g/mol. The van der Waals surface area contributed by atoms with Crippen molar-refractivity contribution >= 4 is 23.6 Å². The minimum atomic E-state index is -1.46. The number of carbonyl (C=O) groups is 2.